The summed E-state index contributed by atoms with van der Waals surface area (Å²) in [4.78, 5) is 41.2. The first-order valence-corrected chi connectivity index (χ1v) is 10.5. The lowest BCUT2D eigenvalue weighted by molar-refractivity contribution is -0.121. The fraction of sp³-hybridized carbons (Fsp3) is 0.261. The van der Waals surface area contributed by atoms with Gasteiger partial charge in [-0.2, -0.15) is 4.98 Å². The third kappa shape index (κ3) is 5.18. The first kappa shape index (κ1) is 21.2. The molecular weight excluding hydrogens is 410 g/mol. The molecule has 9 heteroatoms. The van der Waals surface area contributed by atoms with Crippen LogP contribution in [0.5, 0.6) is 0 Å². The second kappa shape index (κ2) is 9.86. The van der Waals surface area contributed by atoms with E-state index in [2.05, 4.69) is 26.1 Å². The number of hydrogen-bond donors (Lipinski definition) is 3. The van der Waals surface area contributed by atoms with Crippen LogP contribution in [0, 0.1) is 0 Å². The number of amides is 3. The Balaban J connectivity index is 1.19. The van der Waals surface area contributed by atoms with Crippen molar-refractivity contribution < 1.29 is 18.9 Å². The van der Waals surface area contributed by atoms with Gasteiger partial charge >= 0.3 is 0 Å². The van der Waals surface area contributed by atoms with Crippen molar-refractivity contribution in [1.29, 1.82) is 0 Å². The molecule has 0 fully saturated rings. The average Bonchev–Trinajstić information content (AvgIpc) is 3.24. The van der Waals surface area contributed by atoms with Crippen LogP contribution in [-0.2, 0) is 16.0 Å². The fourth-order valence-corrected chi connectivity index (χ4v) is 3.41. The number of rotatable bonds is 8. The maximum Gasteiger partial charge on any atom is 0.254 e. The summed E-state index contributed by atoms with van der Waals surface area (Å²) in [7, 11) is 0. The summed E-state index contributed by atoms with van der Waals surface area (Å²) in [5.74, 6) is 0.191. The first-order chi connectivity index (χ1) is 15.6. The van der Waals surface area contributed by atoms with Crippen LogP contribution < -0.4 is 16.0 Å². The third-order valence-corrected chi connectivity index (χ3v) is 5.10. The highest BCUT2D eigenvalue weighted by atomic mass is 16.5. The quantitative estimate of drug-likeness (QED) is 0.468. The van der Waals surface area contributed by atoms with Crippen molar-refractivity contribution in [3.63, 3.8) is 0 Å². The number of carbonyl (C=O) groups is 3. The van der Waals surface area contributed by atoms with Gasteiger partial charge in [0.25, 0.3) is 5.91 Å². The Morgan fingerprint density at radius 1 is 1.06 bits per heavy atom. The molecule has 0 spiro atoms. The number of anilines is 1. The normalized spacial score (nSPS) is 15.3. The van der Waals surface area contributed by atoms with E-state index in [1.54, 1.807) is 24.3 Å². The molecule has 0 radical (unpaired) electrons. The SMILES string of the molecule is O=C(CCC1NC(=O)c2ccccc2NC1=O)NCCCc1nc(-c2ccccc2)no1. The van der Waals surface area contributed by atoms with Gasteiger partial charge in [0, 0.05) is 24.9 Å². The maximum atomic E-state index is 12.4. The summed E-state index contributed by atoms with van der Waals surface area (Å²) in [5, 5.41) is 12.2. The monoisotopic (exact) mass is 433 g/mol. The van der Waals surface area contributed by atoms with Crippen molar-refractivity contribution in [3.05, 3.63) is 66.1 Å². The summed E-state index contributed by atoms with van der Waals surface area (Å²) >= 11 is 0. The van der Waals surface area contributed by atoms with E-state index < -0.39 is 6.04 Å². The minimum Gasteiger partial charge on any atom is -0.356 e. The molecule has 1 aliphatic rings. The Hall–Kier alpha value is -4.01. The molecule has 1 aromatic heterocycles. The molecule has 2 heterocycles. The Bertz CT molecular complexity index is 1110. The molecule has 32 heavy (non-hydrogen) atoms. The molecule has 0 saturated heterocycles. The lowest BCUT2D eigenvalue weighted by Gasteiger charge is -2.14. The number of para-hydroxylation sites is 1. The molecule has 3 N–H and O–H groups in total. The highest BCUT2D eigenvalue weighted by Crippen LogP contribution is 2.19. The zero-order valence-electron chi connectivity index (χ0n) is 17.3. The van der Waals surface area contributed by atoms with E-state index in [0.717, 1.165) is 5.56 Å². The zero-order chi connectivity index (χ0) is 22.3. The number of nitrogens with zero attached hydrogens (tertiary/aromatic N) is 2. The molecule has 1 aliphatic heterocycles. The van der Waals surface area contributed by atoms with E-state index in [1.165, 1.54) is 0 Å². The topological polar surface area (TPSA) is 126 Å². The number of benzene rings is 2. The molecule has 164 valence electrons. The van der Waals surface area contributed by atoms with Crippen molar-refractivity contribution in [2.75, 3.05) is 11.9 Å². The van der Waals surface area contributed by atoms with E-state index in [0.29, 0.717) is 42.4 Å². The van der Waals surface area contributed by atoms with Crippen molar-refractivity contribution in [3.8, 4) is 11.4 Å². The van der Waals surface area contributed by atoms with Crippen molar-refractivity contribution in [1.82, 2.24) is 20.8 Å². The lowest BCUT2D eigenvalue weighted by Crippen LogP contribution is -2.42. The van der Waals surface area contributed by atoms with Crippen molar-refractivity contribution >= 4 is 23.4 Å². The molecule has 3 aromatic rings. The Kier molecular flexibility index (Phi) is 6.54. The number of hydrogen-bond acceptors (Lipinski definition) is 6. The average molecular weight is 433 g/mol. The highest BCUT2D eigenvalue weighted by molar-refractivity contribution is 6.09. The summed E-state index contributed by atoms with van der Waals surface area (Å²) in [6.07, 6.45) is 1.51. The number of aromatic nitrogens is 2. The molecule has 0 saturated carbocycles. The van der Waals surface area contributed by atoms with Crippen LogP contribution >= 0.6 is 0 Å². The van der Waals surface area contributed by atoms with Gasteiger partial charge in [0.15, 0.2) is 0 Å². The van der Waals surface area contributed by atoms with E-state index in [4.69, 9.17) is 4.52 Å². The predicted octanol–water partition coefficient (Wildman–Crippen LogP) is 2.32. The number of aryl methyl sites for hydroxylation is 1. The van der Waals surface area contributed by atoms with Gasteiger partial charge in [-0.1, -0.05) is 47.6 Å². The van der Waals surface area contributed by atoms with Gasteiger partial charge < -0.3 is 20.5 Å². The Morgan fingerprint density at radius 3 is 2.69 bits per heavy atom. The van der Waals surface area contributed by atoms with Gasteiger partial charge in [-0.05, 0) is 25.0 Å². The van der Waals surface area contributed by atoms with Gasteiger partial charge in [-0.3, -0.25) is 14.4 Å². The van der Waals surface area contributed by atoms with Gasteiger partial charge in [0.05, 0.1) is 11.3 Å². The molecule has 2 aromatic carbocycles. The second-order valence-corrected chi connectivity index (χ2v) is 7.43. The van der Waals surface area contributed by atoms with E-state index in [1.807, 2.05) is 30.3 Å². The predicted molar refractivity (Wildman–Crippen MR) is 117 cm³/mol. The molecule has 0 bridgehead atoms. The molecule has 3 amide bonds. The summed E-state index contributed by atoms with van der Waals surface area (Å²) in [6, 6.07) is 15.6. The largest absolute Gasteiger partial charge is 0.356 e. The highest BCUT2D eigenvalue weighted by Gasteiger charge is 2.27. The molecule has 0 aliphatic carbocycles. The van der Waals surface area contributed by atoms with Gasteiger partial charge in [-0.15, -0.1) is 0 Å². The smallest absolute Gasteiger partial charge is 0.254 e. The van der Waals surface area contributed by atoms with Crippen molar-refractivity contribution in [2.24, 2.45) is 0 Å². The van der Waals surface area contributed by atoms with E-state index in [-0.39, 0.29) is 30.6 Å². The molecule has 4 rings (SSSR count). The first-order valence-electron chi connectivity index (χ1n) is 10.5. The summed E-state index contributed by atoms with van der Waals surface area (Å²) < 4.78 is 5.25. The minimum atomic E-state index is -0.768. The van der Waals surface area contributed by atoms with E-state index >= 15 is 0 Å². The zero-order valence-corrected chi connectivity index (χ0v) is 17.3. The summed E-state index contributed by atoms with van der Waals surface area (Å²) in [5.41, 5.74) is 1.76. The lowest BCUT2D eigenvalue weighted by atomic mass is 10.1. The van der Waals surface area contributed by atoms with Crippen LogP contribution in [0.15, 0.2) is 59.1 Å². The molecule has 1 atom stereocenters. The number of fused-ring (bicyclic) bond motifs is 1. The molecular formula is C23H23N5O4. The van der Waals surface area contributed by atoms with Gasteiger partial charge in [-0.25, -0.2) is 0 Å². The Labute approximate surface area is 184 Å². The maximum absolute atomic E-state index is 12.4. The fourth-order valence-electron chi connectivity index (χ4n) is 3.41. The third-order valence-electron chi connectivity index (χ3n) is 5.10. The van der Waals surface area contributed by atoms with Crippen LogP contribution in [0.4, 0.5) is 5.69 Å². The Morgan fingerprint density at radius 2 is 1.84 bits per heavy atom. The van der Waals surface area contributed by atoms with Crippen LogP contribution in [0.3, 0.4) is 0 Å². The minimum absolute atomic E-state index is 0.118. The second-order valence-electron chi connectivity index (χ2n) is 7.43. The van der Waals surface area contributed by atoms with Gasteiger partial charge in [0.1, 0.15) is 6.04 Å². The van der Waals surface area contributed by atoms with Gasteiger partial charge in [0.2, 0.25) is 23.5 Å². The van der Waals surface area contributed by atoms with E-state index in [9.17, 15) is 14.4 Å². The number of carbonyl (C=O) groups excluding carboxylic acids is 3. The standard InChI is InChI=1S/C23H23N5O4/c29-19(13-12-18-23(31)25-17-10-5-4-9-16(17)22(30)26-18)24-14-6-11-20-27-21(28-32-20)15-7-2-1-3-8-15/h1-5,7-10,18H,6,11-14H2,(H,24,29)(H,25,31)(H,26,30). The van der Waals surface area contributed by atoms with Crippen molar-refractivity contribution in [2.45, 2.75) is 31.7 Å². The van der Waals surface area contributed by atoms with Crippen LogP contribution in [0.2, 0.25) is 0 Å². The van der Waals surface area contributed by atoms with Crippen LogP contribution in [0.1, 0.15) is 35.5 Å². The van der Waals surface area contributed by atoms with Crippen LogP contribution in [-0.4, -0.2) is 40.4 Å². The molecule has 9 nitrogen and oxygen atoms in total. The molecule has 1 unspecified atom stereocenters. The summed E-state index contributed by atoms with van der Waals surface area (Å²) in [6.45, 7) is 0.441. The van der Waals surface area contributed by atoms with Crippen LogP contribution in [0.25, 0.3) is 11.4 Å². The number of nitrogens with one attached hydrogen (secondary N) is 3.